The van der Waals surface area contributed by atoms with Gasteiger partial charge in [0, 0.05) is 44.0 Å². The normalized spacial score (nSPS) is 15.5. The number of hydrogen-bond acceptors (Lipinski definition) is 5. The topological polar surface area (TPSA) is 69.7 Å². The number of nitrogens with zero attached hydrogens (tertiary/aromatic N) is 2. The van der Waals surface area contributed by atoms with Crippen molar-refractivity contribution < 1.29 is 13.2 Å². The molecule has 0 saturated carbocycles. The first-order valence-electron chi connectivity index (χ1n) is 9.59. The van der Waals surface area contributed by atoms with Crippen molar-refractivity contribution in [2.75, 3.05) is 44.2 Å². The lowest BCUT2D eigenvalue weighted by Gasteiger charge is -2.36. The number of carbonyl (C=O) groups is 1. The van der Waals surface area contributed by atoms with Gasteiger partial charge in [-0.25, -0.2) is 13.1 Å². The Labute approximate surface area is 167 Å². The number of hydrogen-bond donors (Lipinski definition) is 1. The van der Waals surface area contributed by atoms with Crippen molar-refractivity contribution in [1.29, 1.82) is 0 Å². The van der Waals surface area contributed by atoms with Gasteiger partial charge in [0.15, 0.2) is 5.78 Å². The van der Waals surface area contributed by atoms with E-state index in [9.17, 15) is 13.2 Å². The average Bonchev–Trinajstić information content (AvgIpc) is 2.72. The molecule has 0 unspecified atom stereocenters. The summed E-state index contributed by atoms with van der Waals surface area (Å²) < 4.78 is 27.3. The third-order valence-electron chi connectivity index (χ3n) is 5.01. The number of piperazine rings is 1. The van der Waals surface area contributed by atoms with Crippen LogP contribution in [0.2, 0.25) is 0 Å². The number of sulfonamides is 1. The van der Waals surface area contributed by atoms with Gasteiger partial charge >= 0.3 is 0 Å². The van der Waals surface area contributed by atoms with E-state index in [4.69, 9.17) is 0 Å². The molecular weight excluding hydrogens is 374 g/mol. The van der Waals surface area contributed by atoms with Gasteiger partial charge in [-0.05, 0) is 44.2 Å². The van der Waals surface area contributed by atoms with E-state index in [1.165, 1.54) is 24.7 Å². The molecule has 0 bridgehead atoms. The standard InChI is InChI=1S/C21H27N3O3S/c1-18(25)19-8-10-21(11-9-19)28(26,27)22-12-5-13-23-14-16-24(17-15-23)20-6-3-2-4-7-20/h2-4,6-11,22H,5,12-17H2,1H3. The summed E-state index contributed by atoms with van der Waals surface area (Å²) >= 11 is 0. The summed E-state index contributed by atoms with van der Waals surface area (Å²) in [7, 11) is -3.54. The van der Waals surface area contributed by atoms with E-state index in [-0.39, 0.29) is 10.7 Å². The maximum Gasteiger partial charge on any atom is 0.240 e. The zero-order valence-electron chi connectivity index (χ0n) is 16.2. The zero-order valence-corrected chi connectivity index (χ0v) is 17.0. The van der Waals surface area contributed by atoms with E-state index in [0.717, 1.165) is 39.1 Å². The molecule has 1 fully saturated rings. The van der Waals surface area contributed by atoms with Gasteiger partial charge in [-0.1, -0.05) is 30.3 Å². The summed E-state index contributed by atoms with van der Waals surface area (Å²) in [4.78, 5) is 16.2. The smallest absolute Gasteiger partial charge is 0.240 e. The first kappa shape index (κ1) is 20.5. The molecule has 0 amide bonds. The number of para-hydroxylation sites is 1. The molecule has 150 valence electrons. The lowest BCUT2D eigenvalue weighted by molar-refractivity contribution is 0.101. The van der Waals surface area contributed by atoms with Crippen LogP contribution in [-0.4, -0.2) is 58.4 Å². The highest BCUT2D eigenvalue weighted by molar-refractivity contribution is 7.89. The molecule has 0 aromatic heterocycles. The van der Waals surface area contributed by atoms with Crippen LogP contribution < -0.4 is 9.62 Å². The predicted octanol–water partition coefficient (Wildman–Crippen LogP) is 2.38. The highest BCUT2D eigenvalue weighted by Gasteiger charge is 2.17. The van der Waals surface area contributed by atoms with Gasteiger partial charge in [0.2, 0.25) is 10.0 Å². The fourth-order valence-corrected chi connectivity index (χ4v) is 4.40. The Hall–Kier alpha value is -2.22. The highest BCUT2D eigenvalue weighted by Crippen LogP contribution is 2.15. The highest BCUT2D eigenvalue weighted by atomic mass is 32.2. The first-order chi connectivity index (χ1) is 13.5. The number of rotatable bonds is 8. The molecular formula is C21H27N3O3S. The summed E-state index contributed by atoms with van der Waals surface area (Å²) in [5, 5.41) is 0. The second-order valence-corrected chi connectivity index (χ2v) is 8.76. The van der Waals surface area contributed by atoms with Crippen molar-refractivity contribution in [2.45, 2.75) is 18.2 Å². The molecule has 1 N–H and O–H groups in total. The minimum Gasteiger partial charge on any atom is -0.369 e. The number of ketones is 1. The van der Waals surface area contributed by atoms with Gasteiger partial charge < -0.3 is 4.90 Å². The Morgan fingerprint density at radius 2 is 1.61 bits per heavy atom. The van der Waals surface area contributed by atoms with Crippen molar-refractivity contribution in [3.8, 4) is 0 Å². The molecule has 0 spiro atoms. The molecule has 6 nitrogen and oxygen atoms in total. The molecule has 0 atom stereocenters. The number of Topliss-reactive ketones (excluding diaryl/α,β-unsaturated/α-hetero) is 1. The molecule has 1 aliphatic heterocycles. The molecule has 1 heterocycles. The third-order valence-corrected chi connectivity index (χ3v) is 6.48. The second-order valence-electron chi connectivity index (χ2n) is 7.00. The van der Waals surface area contributed by atoms with E-state index in [2.05, 4.69) is 38.8 Å². The van der Waals surface area contributed by atoms with Crippen LogP contribution >= 0.6 is 0 Å². The molecule has 2 aromatic rings. The van der Waals surface area contributed by atoms with Crippen molar-refractivity contribution in [3.05, 3.63) is 60.2 Å². The van der Waals surface area contributed by atoms with E-state index in [1.54, 1.807) is 12.1 Å². The van der Waals surface area contributed by atoms with Gasteiger partial charge in [-0.2, -0.15) is 0 Å². The molecule has 7 heteroatoms. The number of nitrogens with one attached hydrogen (secondary N) is 1. The largest absolute Gasteiger partial charge is 0.369 e. The van der Waals surface area contributed by atoms with Gasteiger partial charge in [0.05, 0.1) is 4.90 Å². The van der Waals surface area contributed by atoms with Gasteiger partial charge in [0.1, 0.15) is 0 Å². The number of anilines is 1. The lowest BCUT2D eigenvalue weighted by Crippen LogP contribution is -2.47. The van der Waals surface area contributed by atoms with Gasteiger partial charge in [0.25, 0.3) is 0 Å². The molecule has 3 rings (SSSR count). The predicted molar refractivity (Wildman–Crippen MR) is 111 cm³/mol. The van der Waals surface area contributed by atoms with Crippen LogP contribution in [0.5, 0.6) is 0 Å². The summed E-state index contributed by atoms with van der Waals surface area (Å²) in [6.45, 7) is 6.66. The van der Waals surface area contributed by atoms with Crippen molar-refractivity contribution >= 4 is 21.5 Å². The van der Waals surface area contributed by atoms with Gasteiger partial charge in [-0.15, -0.1) is 0 Å². The van der Waals surface area contributed by atoms with E-state index in [0.29, 0.717) is 12.1 Å². The third kappa shape index (κ3) is 5.41. The Balaban J connectivity index is 1.40. The minimum absolute atomic E-state index is 0.0794. The van der Waals surface area contributed by atoms with Crippen LogP contribution in [-0.2, 0) is 10.0 Å². The molecule has 0 radical (unpaired) electrons. The van der Waals surface area contributed by atoms with Crippen LogP contribution in [0, 0.1) is 0 Å². The van der Waals surface area contributed by atoms with E-state index < -0.39 is 10.0 Å². The quantitative estimate of drug-likeness (QED) is 0.543. The maximum absolute atomic E-state index is 12.3. The lowest BCUT2D eigenvalue weighted by atomic mass is 10.2. The van der Waals surface area contributed by atoms with Crippen molar-refractivity contribution in [1.82, 2.24) is 9.62 Å². The van der Waals surface area contributed by atoms with Crippen LogP contribution in [0.3, 0.4) is 0 Å². The monoisotopic (exact) mass is 401 g/mol. The second kappa shape index (κ2) is 9.32. The van der Waals surface area contributed by atoms with Crippen LogP contribution in [0.1, 0.15) is 23.7 Å². The molecule has 28 heavy (non-hydrogen) atoms. The first-order valence-corrected chi connectivity index (χ1v) is 11.1. The zero-order chi connectivity index (χ0) is 20.0. The molecule has 0 aliphatic carbocycles. The van der Waals surface area contributed by atoms with Crippen LogP contribution in [0.4, 0.5) is 5.69 Å². The molecule has 2 aromatic carbocycles. The molecule has 1 aliphatic rings. The van der Waals surface area contributed by atoms with E-state index >= 15 is 0 Å². The summed E-state index contributed by atoms with van der Waals surface area (Å²) in [6, 6.07) is 16.4. The fraction of sp³-hybridized carbons (Fsp3) is 0.381. The van der Waals surface area contributed by atoms with Crippen LogP contribution in [0.25, 0.3) is 0 Å². The minimum atomic E-state index is -3.54. The maximum atomic E-state index is 12.3. The summed E-state index contributed by atoms with van der Waals surface area (Å²) in [5.74, 6) is -0.0794. The molecule has 1 saturated heterocycles. The number of carbonyl (C=O) groups excluding carboxylic acids is 1. The van der Waals surface area contributed by atoms with Crippen molar-refractivity contribution in [2.24, 2.45) is 0 Å². The van der Waals surface area contributed by atoms with Gasteiger partial charge in [-0.3, -0.25) is 9.69 Å². The Bertz CT molecular complexity index is 875. The SMILES string of the molecule is CC(=O)c1ccc(S(=O)(=O)NCCCN2CCN(c3ccccc3)CC2)cc1. The Kier molecular flexibility index (Phi) is 6.83. The number of benzene rings is 2. The van der Waals surface area contributed by atoms with Crippen molar-refractivity contribution in [3.63, 3.8) is 0 Å². The Morgan fingerprint density at radius 1 is 0.964 bits per heavy atom. The summed E-state index contributed by atoms with van der Waals surface area (Å²) in [5.41, 5.74) is 1.76. The summed E-state index contributed by atoms with van der Waals surface area (Å²) in [6.07, 6.45) is 0.760. The Morgan fingerprint density at radius 3 is 2.21 bits per heavy atom. The fourth-order valence-electron chi connectivity index (χ4n) is 3.33. The van der Waals surface area contributed by atoms with Crippen LogP contribution in [0.15, 0.2) is 59.5 Å². The average molecular weight is 402 g/mol. The van der Waals surface area contributed by atoms with E-state index in [1.807, 2.05) is 6.07 Å².